The molecule has 0 aliphatic heterocycles. The second-order valence-electron chi connectivity index (χ2n) is 4.51. The minimum Gasteiger partial charge on any atom is -0.393 e. The lowest BCUT2D eigenvalue weighted by Gasteiger charge is -2.11. The average Bonchev–Trinajstić information content (AvgIpc) is 3.22. The van der Waals surface area contributed by atoms with Gasteiger partial charge in [-0.05, 0) is 43.6 Å². The van der Waals surface area contributed by atoms with Crippen LogP contribution in [0.4, 0.5) is 0 Å². The molecule has 1 fully saturated rings. The van der Waals surface area contributed by atoms with Crippen LogP contribution in [-0.2, 0) is 0 Å². The molecule has 2 rings (SSSR count). The normalized spacial score (nSPS) is 16.3. The highest BCUT2D eigenvalue weighted by molar-refractivity contribution is 7.98. The molecule has 0 saturated heterocycles. The van der Waals surface area contributed by atoms with E-state index < -0.39 is 0 Å². The van der Waals surface area contributed by atoms with Crippen LogP contribution in [0.1, 0.15) is 29.6 Å². The van der Waals surface area contributed by atoms with Gasteiger partial charge in [0, 0.05) is 12.7 Å². The molecule has 18 heavy (non-hydrogen) atoms. The van der Waals surface area contributed by atoms with E-state index in [4.69, 9.17) is 0 Å². The molecule has 0 unspecified atom stereocenters. The fourth-order valence-electron chi connectivity index (χ4n) is 1.87. The zero-order valence-electron chi connectivity index (χ0n) is 10.4. The summed E-state index contributed by atoms with van der Waals surface area (Å²) in [7, 11) is 0. The van der Waals surface area contributed by atoms with Crippen molar-refractivity contribution >= 4 is 17.7 Å². The van der Waals surface area contributed by atoms with Crippen LogP contribution in [0.25, 0.3) is 0 Å². The van der Waals surface area contributed by atoms with Crippen LogP contribution in [0, 0.1) is 5.92 Å². The number of aliphatic hydroxyl groups is 1. The van der Waals surface area contributed by atoms with Crippen molar-refractivity contribution in [3.63, 3.8) is 0 Å². The van der Waals surface area contributed by atoms with Gasteiger partial charge < -0.3 is 10.4 Å². The molecule has 1 aliphatic rings. The third kappa shape index (κ3) is 3.46. The first-order chi connectivity index (χ1) is 8.72. The van der Waals surface area contributed by atoms with Crippen LogP contribution in [0.3, 0.4) is 0 Å². The smallest absolute Gasteiger partial charge is 0.254 e. The van der Waals surface area contributed by atoms with Crippen LogP contribution in [0.5, 0.6) is 0 Å². The number of pyridine rings is 1. The van der Waals surface area contributed by atoms with Crippen LogP contribution >= 0.6 is 11.8 Å². The van der Waals surface area contributed by atoms with E-state index in [1.165, 1.54) is 11.8 Å². The van der Waals surface area contributed by atoms with Crippen molar-refractivity contribution in [3.05, 3.63) is 23.9 Å². The Hall–Kier alpha value is -1.07. The van der Waals surface area contributed by atoms with E-state index in [1.807, 2.05) is 6.26 Å². The van der Waals surface area contributed by atoms with Crippen molar-refractivity contribution in [1.29, 1.82) is 0 Å². The number of nitrogens with one attached hydrogen (secondary N) is 1. The zero-order chi connectivity index (χ0) is 13.0. The van der Waals surface area contributed by atoms with Crippen LogP contribution < -0.4 is 5.32 Å². The second-order valence-corrected chi connectivity index (χ2v) is 5.30. The van der Waals surface area contributed by atoms with Gasteiger partial charge in [0.1, 0.15) is 5.03 Å². The topological polar surface area (TPSA) is 62.2 Å². The van der Waals surface area contributed by atoms with Gasteiger partial charge in [-0.15, -0.1) is 11.8 Å². The quantitative estimate of drug-likeness (QED) is 0.769. The first-order valence-corrected chi connectivity index (χ1v) is 7.40. The zero-order valence-corrected chi connectivity index (χ0v) is 11.2. The number of nitrogens with zero attached hydrogens (tertiary/aromatic N) is 1. The molecule has 0 bridgehead atoms. The molecule has 1 saturated carbocycles. The molecular weight excluding hydrogens is 248 g/mol. The fourth-order valence-corrected chi connectivity index (χ4v) is 2.42. The standard InChI is InChI=1S/C13H18N2O2S/c1-18-13-10(3-2-7-15-13)12(17)14-8-6-11(16)9-4-5-9/h2-3,7,9,11,16H,4-6,8H2,1H3,(H,14,17)/t11-/m1/s1. The van der Waals surface area contributed by atoms with Crippen molar-refractivity contribution in [2.75, 3.05) is 12.8 Å². The van der Waals surface area contributed by atoms with Crippen molar-refractivity contribution in [2.24, 2.45) is 5.92 Å². The summed E-state index contributed by atoms with van der Waals surface area (Å²) in [5.41, 5.74) is 0.603. The predicted molar refractivity (Wildman–Crippen MR) is 71.7 cm³/mol. The molecule has 0 radical (unpaired) electrons. The Morgan fingerprint density at radius 1 is 1.67 bits per heavy atom. The highest BCUT2D eigenvalue weighted by Crippen LogP contribution is 2.33. The minimum absolute atomic E-state index is 0.115. The van der Waals surface area contributed by atoms with Gasteiger partial charge in [-0.3, -0.25) is 4.79 Å². The van der Waals surface area contributed by atoms with Gasteiger partial charge in [0.05, 0.1) is 11.7 Å². The molecule has 1 heterocycles. The molecule has 98 valence electrons. The molecule has 1 atom stereocenters. The summed E-state index contributed by atoms with van der Waals surface area (Å²) in [4.78, 5) is 16.1. The lowest BCUT2D eigenvalue weighted by Crippen LogP contribution is -2.28. The van der Waals surface area contributed by atoms with E-state index in [-0.39, 0.29) is 12.0 Å². The summed E-state index contributed by atoms with van der Waals surface area (Å²) >= 11 is 1.46. The SMILES string of the molecule is CSc1ncccc1C(=O)NCC[C@@H](O)C1CC1. The summed E-state index contributed by atoms with van der Waals surface area (Å²) in [6, 6.07) is 3.53. The van der Waals surface area contributed by atoms with Crippen LogP contribution in [-0.4, -0.2) is 34.9 Å². The maximum Gasteiger partial charge on any atom is 0.254 e. The first kappa shape index (κ1) is 13.4. The minimum atomic E-state index is -0.265. The molecule has 0 aromatic carbocycles. The Morgan fingerprint density at radius 3 is 3.11 bits per heavy atom. The molecular formula is C13H18N2O2S. The van der Waals surface area contributed by atoms with E-state index in [1.54, 1.807) is 18.3 Å². The van der Waals surface area contributed by atoms with Crippen molar-refractivity contribution < 1.29 is 9.90 Å². The highest BCUT2D eigenvalue weighted by atomic mass is 32.2. The van der Waals surface area contributed by atoms with Gasteiger partial charge in [-0.1, -0.05) is 0 Å². The third-order valence-corrected chi connectivity index (χ3v) is 3.81. The number of hydrogen-bond acceptors (Lipinski definition) is 4. The summed E-state index contributed by atoms with van der Waals surface area (Å²) < 4.78 is 0. The third-order valence-electron chi connectivity index (χ3n) is 3.10. The van der Waals surface area contributed by atoms with E-state index in [0.717, 1.165) is 17.9 Å². The van der Waals surface area contributed by atoms with Gasteiger partial charge in [0.15, 0.2) is 0 Å². The molecule has 1 aromatic rings. The lowest BCUT2D eigenvalue weighted by atomic mass is 10.1. The molecule has 1 aliphatic carbocycles. The predicted octanol–water partition coefficient (Wildman–Crippen LogP) is 1.69. The van der Waals surface area contributed by atoms with Gasteiger partial charge in [-0.2, -0.15) is 0 Å². The molecule has 5 heteroatoms. The lowest BCUT2D eigenvalue weighted by molar-refractivity contribution is 0.0933. The van der Waals surface area contributed by atoms with Crippen molar-refractivity contribution in [1.82, 2.24) is 10.3 Å². The van der Waals surface area contributed by atoms with Crippen LogP contribution in [0.15, 0.2) is 23.4 Å². The number of hydrogen-bond donors (Lipinski definition) is 2. The van der Waals surface area contributed by atoms with E-state index >= 15 is 0 Å². The molecule has 2 N–H and O–H groups in total. The monoisotopic (exact) mass is 266 g/mol. The summed E-state index contributed by atoms with van der Waals surface area (Å²) in [5.74, 6) is 0.345. The molecule has 0 spiro atoms. The fraction of sp³-hybridized carbons (Fsp3) is 0.538. The second kappa shape index (κ2) is 6.20. The molecule has 1 amide bonds. The number of aliphatic hydroxyl groups excluding tert-OH is 1. The maximum atomic E-state index is 11.9. The van der Waals surface area contributed by atoms with Gasteiger partial charge >= 0.3 is 0 Å². The number of rotatable bonds is 6. The highest BCUT2D eigenvalue weighted by Gasteiger charge is 2.29. The number of carbonyl (C=O) groups is 1. The summed E-state index contributed by atoms with van der Waals surface area (Å²) in [6.45, 7) is 0.513. The van der Waals surface area contributed by atoms with Crippen LogP contribution in [0.2, 0.25) is 0 Å². The number of thioether (sulfide) groups is 1. The Kier molecular flexibility index (Phi) is 4.60. The Labute approximate surface area is 111 Å². The largest absolute Gasteiger partial charge is 0.393 e. The van der Waals surface area contributed by atoms with Crippen molar-refractivity contribution in [3.8, 4) is 0 Å². The number of amides is 1. The molecule has 4 nitrogen and oxygen atoms in total. The number of carbonyl (C=O) groups excluding carboxylic acids is 1. The maximum absolute atomic E-state index is 11.9. The van der Waals surface area contributed by atoms with Gasteiger partial charge in [0.25, 0.3) is 5.91 Å². The summed E-state index contributed by atoms with van der Waals surface area (Å²) in [6.07, 6.45) is 6.18. The molecule has 1 aromatic heterocycles. The van der Waals surface area contributed by atoms with E-state index in [2.05, 4.69) is 10.3 Å². The first-order valence-electron chi connectivity index (χ1n) is 6.17. The average molecular weight is 266 g/mol. The Balaban J connectivity index is 1.83. The Morgan fingerprint density at radius 2 is 2.44 bits per heavy atom. The van der Waals surface area contributed by atoms with Crippen molar-refractivity contribution in [2.45, 2.75) is 30.4 Å². The summed E-state index contributed by atoms with van der Waals surface area (Å²) in [5, 5.41) is 13.3. The van der Waals surface area contributed by atoms with E-state index in [9.17, 15) is 9.90 Å². The van der Waals surface area contributed by atoms with Gasteiger partial charge in [0.2, 0.25) is 0 Å². The van der Waals surface area contributed by atoms with E-state index in [0.29, 0.717) is 24.4 Å². The Bertz CT molecular complexity index is 421. The number of aromatic nitrogens is 1. The van der Waals surface area contributed by atoms with Gasteiger partial charge in [-0.25, -0.2) is 4.98 Å².